The number of halogens is 1. The molecule has 0 saturated heterocycles. The molecule has 1 aliphatic rings. The van der Waals surface area contributed by atoms with E-state index >= 15 is 0 Å². The minimum atomic E-state index is -3.19. The molecule has 0 aromatic heterocycles. The maximum absolute atomic E-state index is 12.1. The van der Waals surface area contributed by atoms with E-state index in [-0.39, 0.29) is 12.5 Å². The van der Waals surface area contributed by atoms with Gasteiger partial charge in [0.15, 0.2) is 9.84 Å². The molecule has 1 aromatic carbocycles. The molecule has 0 heterocycles. The Labute approximate surface area is 125 Å². The van der Waals surface area contributed by atoms with Crippen LogP contribution in [-0.4, -0.2) is 39.7 Å². The van der Waals surface area contributed by atoms with Gasteiger partial charge in [-0.25, -0.2) is 8.42 Å². The average molecular weight is 318 g/mol. The number of nitrogens with two attached hydrogens (primary N) is 1. The average Bonchev–Trinajstić information content (AvgIpc) is 3.06. The van der Waals surface area contributed by atoms with E-state index in [9.17, 15) is 8.42 Å². The van der Waals surface area contributed by atoms with Crippen LogP contribution in [0.4, 0.5) is 0 Å². The largest absolute Gasteiger partial charge is 0.381 e. The smallest absolute Gasteiger partial charge is 0.151 e. The fraction of sp³-hybridized carbons (Fsp3) is 0.571. The molecule has 112 valence electrons. The Kier molecular flexibility index (Phi) is 4.44. The Morgan fingerprint density at radius 1 is 1.45 bits per heavy atom. The third-order valence-electron chi connectivity index (χ3n) is 4.00. The van der Waals surface area contributed by atoms with Gasteiger partial charge in [0.2, 0.25) is 0 Å². The summed E-state index contributed by atoms with van der Waals surface area (Å²) in [5, 5.41) is 0.106. The molecule has 0 unspecified atom stereocenters. The lowest BCUT2D eigenvalue weighted by Gasteiger charge is -2.15. The van der Waals surface area contributed by atoms with Gasteiger partial charge in [-0.15, -0.1) is 0 Å². The first kappa shape index (κ1) is 15.8. The Bertz CT molecular complexity index is 590. The molecule has 3 atom stereocenters. The molecule has 1 aliphatic carbocycles. The molecule has 0 bridgehead atoms. The minimum Gasteiger partial charge on any atom is -0.381 e. The van der Waals surface area contributed by atoms with Gasteiger partial charge in [0.25, 0.3) is 0 Å². The van der Waals surface area contributed by atoms with Crippen molar-refractivity contribution >= 4 is 21.4 Å². The van der Waals surface area contributed by atoms with Gasteiger partial charge in [-0.05, 0) is 24.6 Å². The molecule has 2 N–H and O–H groups in total. The molecule has 6 heteroatoms. The quantitative estimate of drug-likeness (QED) is 0.869. The van der Waals surface area contributed by atoms with Crippen molar-refractivity contribution in [2.24, 2.45) is 11.1 Å². The fourth-order valence-electron chi connectivity index (χ4n) is 3.10. The highest BCUT2D eigenvalue weighted by Gasteiger charge is 2.69. The molecule has 0 spiro atoms. The zero-order chi connectivity index (χ0) is 15.0. The van der Waals surface area contributed by atoms with E-state index in [1.807, 2.05) is 25.1 Å². The van der Waals surface area contributed by atoms with E-state index in [1.54, 1.807) is 6.07 Å². The summed E-state index contributed by atoms with van der Waals surface area (Å²) in [6.07, 6.45) is 1.26. The van der Waals surface area contributed by atoms with Crippen LogP contribution in [-0.2, 0) is 14.6 Å². The van der Waals surface area contributed by atoms with Crippen LogP contribution >= 0.6 is 11.6 Å². The van der Waals surface area contributed by atoms with Crippen molar-refractivity contribution in [1.82, 2.24) is 0 Å². The third kappa shape index (κ3) is 2.72. The summed E-state index contributed by atoms with van der Waals surface area (Å²) >= 11 is 6.01. The first-order chi connectivity index (χ1) is 9.36. The summed E-state index contributed by atoms with van der Waals surface area (Å²) in [6, 6.07) is 7.32. The molecule has 20 heavy (non-hydrogen) atoms. The molecular weight excluding hydrogens is 298 g/mol. The lowest BCUT2D eigenvalue weighted by atomic mass is 10.00. The Morgan fingerprint density at radius 3 is 2.65 bits per heavy atom. The molecule has 0 radical (unpaired) electrons. The van der Waals surface area contributed by atoms with E-state index in [1.165, 1.54) is 6.26 Å². The van der Waals surface area contributed by atoms with Crippen LogP contribution in [0.3, 0.4) is 0 Å². The summed E-state index contributed by atoms with van der Waals surface area (Å²) in [5.41, 5.74) is 6.27. The molecule has 2 rings (SSSR count). The first-order valence-electron chi connectivity index (χ1n) is 6.59. The lowest BCUT2D eigenvalue weighted by molar-refractivity contribution is 0.101. The summed E-state index contributed by atoms with van der Waals surface area (Å²) in [4.78, 5) is 0. The summed E-state index contributed by atoms with van der Waals surface area (Å²) in [6.45, 7) is 3.06. The Hall–Kier alpha value is -0.620. The Balaban J connectivity index is 2.39. The molecule has 1 saturated carbocycles. The van der Waals surface area contributed by atoms with Crippen molar-refractivity contribution in [3.8, 4) is 0 Å². The number of hydrogen-bond acceptors (Lipinski definition) is 4. The van der Waals surface area contributed by atoms with Crippen LogP contribution in [0.1, 0.15) is 18.4 Å². The van der Waals surface area contributed by atoms with Gasteiger partial charge < -0.3 is 10.5 Å². The van der Waals surface area contributed by atoms with Gasteiger partial charge in [-0.2, -0.15) is 0 Å². The van der Waals surface area contributed by atoms with Crippen molar-refractivity contribution in [3.05, 3.63) is 34.9 Å². The second-order valence-corrected chi connectivity index (χ2v) is 7.96. The van der Waals surface area contributed by atoms with E-state index in [4.69, 9.17) is 22.1 Å². The standard InChI is InChI=1S/C14H20ClNO3S/c1-3-19-9-14(8-16)12(13(14)20(2,17)18)10-5-4-6-11(15)7-10/h4-7,12-13H,3,8-9,16H2,1-2H3/t12-,13+,14-/m1/s1. The van der Waals surface area contributed by atoms with Gasteiger partial charge >= 0.3 is 0 Å². The van der Waals surface area contributed by atoms with Gasteiger partial charge in [0.05, 0.1) is 11.9 Å². The number of ether oxygens (including phenoxy) is 1. The number of hydrogen-bond donors (Lipinski definition) is 1. The maximum Gasteiger partial charge on any atom is 0.151 e. The highest BCUT2D eigenvalue weighted by Crippen LogP contribution is 2.62. The minimum absolute atomic E-state index is 0.146. The number of rotatable bonds is 6. The second kappa shape index (κ2) is 5.64. The predicted octanol–water partition coefficient (Wildman–Crippen LogP) is 1.83. The van der Waals surface area contributed by atoms with Gasteiger partial charge in [-0.1, -0.05) is 23.7 Å². The molecule has 1 aromatic rings. The van der Waals surface area contributed by atoms with E-state index in [0.29, 0.717) is 18.2 Å². The lowest BCUT2D eigenvalue weighted by Crippen LogP contribution is -2.28. The van der Waals surface area contributed by atoms with Crippen molar-refractivity contribution in [1.29, 1.82) is 0 Å². The van der Waals surface area contributed by atoms with Crippen LogP contribution in [0.15, 0.2) is 24.3 Å². The Morgan fingerprint density at radius 2 is 2.15 bits per heavy atom. The van der Waals surface area contributed by atoms with Crippen molar-refractivity contribution in [2.45, 2.75) is 18.1 Å². The molecule has 0 aliphatic heterocycles. The SMILES string of the molecule is CCOC[C@]1(CN)[C@H](c2cccc(Cl)c2)[C@@H]1S(C)(=O)=O. The zero-order valence-electron chi connectivity index (χ0n) is 11.7. The van der Waals surface area contributed by atoms with Gasteiger partial charge in [0.1, 0.15) is 0 Å². The van der Waals surface area contributed by atoms with Crippen LogP contribution in [0.5, 0.6) is 0 Å². The molecular formula is C14H20ClNO3S. The first-order valence-corrected chi connectivity index (χ1v) is 8.92. The summed E-state index contributed by atoms with van der Waals surface area (Å²) < 4.78 is 29.6. The normalized spacial score (nSPS) is 29.4. The van der Waals surface area contributed by atoms with Crippen LogP contribution in [0.2, 0.25) is 5.02 Å². The monoisotopic (exact) mass is 317 g/mol. The van der Waals surface area contributed by atoms with Crippen molar-refractivity contribution in [2.75, 3.05) is 26.0 Å². The van der Waals surface area contributed by atoms with Crippen LogP contribution in [0, 0.1) is 5.41 Å². The third-order valence-corrected chi connectivity index (χ3v) is 5.90. The van der Waals surface area contributed by atoms with E-state index < -0.39 is 20.5 Å². The van der Waals surface area contributed by atoms with Crippen LogP contribution < -0.4 is 5.73 Å². The maximum atomic E-state index is 12.1. The fourth-order valence-corrected chi connectivity index (χ4v) is 5.31. The molecule has 4 nitrogen and oxygen atoms in total. The van der Waals surface area contributed by atoms with Gasteiger partial charge in [0, 0.05) is 35.8 Å². The van der Waals surface area contributed by atoms with Crippen molar-refractivity contribution in [3.63, 3.8) is 0 Å². The number of sulfone groups is 1. The predicted molar refractivity (Wildman–Crippen MR) is 80.8 cm³/mol. The second-order valence-electron chi connectivity index (χ2n) is 5.36. The molecule has 1 fully saturated rings. The highest BCUT2D eigenvalue weighted by atomic mass is 35.5. The van der Waals surface area contributed by atoms with Crippen LogP contribution in [0.25, 0.3) is 0 Å². The van der Waals surface area contributed by atoms with Gasteiger partial charge in [-0.3, -0.25) is 0 Å². The van der Waals surface area contributed by atoms with E-state index in [2.05, 4.69) is 0 Å². The summed E-state index contributed by atoms with van der Waals surface area (Å²) in [5.74, 6) is -0.146. The molecule has 0 amide bonds. The topological polar surface area (TPSA) is 69.4 Å². The zero-order valence-corrected chi connectivity index (χ0v) is 13.2. The summed E-state index contributed by atoms with van der Waals surface area (Å²) in [7, 11) is -3.19. The van der Waals surface area contributed by atoms with Crippen molar-refractivity contribution < 1.29 is 13.2 Å². The van der Waals surface area contributed by atoms with E-state index in [0.717, 1.165) is 5.56 Å². The highest BCUT2D eigenvalue weighted by molar-refractivity contribution is 7.91. The number of benzene rings is 1.